The van der Waals surface area contributed by atoms with Gasteiger partial charge in [-0.25, -0.2) is 0 Å². The molecule has 0 unspecified atom stereocenters. The number of carbonyl (C=O) groups excluding carboxylic acids is 1. The summed E-state index contributed by atoms with van der Waals surface area (Å²) in [5, 5.41) is 3.25. The Bertz CT molecular complexity index is 304. The van der Waals surface area contributed by atoms with Crippen LogP contribution in [-0.2, 0) is 4.79 Å². The van der Waals surface area contributed by atoms with Crippen molar-refractivity contribution in [3.63, 3.8) is 0 Å². The van der Waals surface area contributed by atoms with E-state index in [4.69, 9.17) is 11.6 Å². The lowest BCUT2D eigenvalue weighted by atomic mass is 9.75. The van der Waals surface area contributed by atoms with Crippen LogP contribution in [0.4, 0.5) is 0 Å². The summed E-state index contributed by atoms with van der Waals surface area (Å²) in [5.41, 5.74) is 0.102. The van der Waals surface area contributed by atoms with Crippen LogP contribution in [-0.4, -0.2) is 18.3 Å². The highest BCUT2D eigenvalue weighted by molar-refractivity contribution is 6.18. The Morgan fingerprint density at radius 1 is 1.05 bits per heavy atom. The highest BCUT2D eigenvalue weighted by Gasteiger charge is 2.40. The number of alkyl halides is 1. The fraction of sp³-hybridized carbons (Fsp3) is 0.938. The molecule has 1 N–H and O–H groups in total. The molecule has 0 aliphatic heterocycles. The fourth-order valence-electron chi connectivity index (χ4n) is 3.91. The summed E-state index contributed by atoms with van der Waals surface area (Å²) < 4.78 is 0. The maximum atomic E-state index is 12.5. The number of halogens is 1. The Balaban J connectivity index is 1.91. The zero-order valence-electron chi connectivity index (χ0n) is 12.3. The van der Waals surface area contributed by atoms with Gasteiger partial charge in [0.2, 0.25) is 5.91 Å². The first-order chi connectivity index (χ1) is 9.16. The van der Waals surface area contributed by atoms with Crippen LogP contribution in [0.1, 0.15) is 71.1 Å². The number of amides is 1. The minimum atomic E-state index is -0.0673. The first kappa shape index (κ1) is 15.2. The van der Waals surface area contributed by atoms with E-state index in [1.165, 1.54) is 44.9 Å². The molecule has 2 aliphatic rings. The Labute approximate surface area is 122 Å². The molecule has 3 heteroatoms. The molecule has 0 aromatic rings. The topological polar surface area (TPSA) is 29.1 Å². The van der Waals surface area contributed by atoms with Crippen molar-refractivity contribution < 1.29 is 4.79 Å². The van der Waals surface area contributed by atoms with Gasteiger partial charge in [-0.15, -0.1) is 11.6 Å². The summed E-state index contributed by atoms with van der Waals surface area (Å²) in [6, 6.07) is 0. The Morgan fingerprint density at radius 2 is 1.63 bits per heavy atom. The van der Waals surface area contributed by atoms with Gasteiger partial charge in [0.1, 0.15) is 0 Å². The van der Waals surface area contributed by atoms with Gasteiger partial charge in [-0.1, -0.05) is 39.0 Å². The lowest BCUT2D eigenvalue weighted by molar-refractivity contribution is -0.131. The van der Waals surface area contributed by atoms with Crippen molar-refractivity contribution >= 4 is 17.5 Å². The summed E-state index contributed by atoms with van der Waals surface area (Å²) in [7, 11) is 0. The average Bonchev–Trinajstić information content (AvgIpc) is 2.96. The van der Waals surface area contributed by atoms with Crippen molar-refractivity contribution in [2.45, 2.75) is 71.1 Å². The molecule has 1 amide bonds. The van der Waals surface area contributed by atoms with Crippen molar-refractivity contribution in [3.05, 3.63) is 0 Å². The Hall–Kier alpha value is -0.240. The number of nitrogens with one attached hydrogen (secondary N) is 1. The summed E-state index contributed by atoms with van der Waals surface area (Å²) >= 11 is 6.20. The highest BCUT2D eigenvalue weighted by Crippen LogP contribution is 2.42. The lowest BCUT2D eigenvalue weighted by Gasteiger charge is -2.37. The zero-order chi connectivity index (χ0) is 13.8. The van der Waals surface area contributed by atoms with Crippen molar-refractivity contribution in [3.8, 4) is 0 Å². The van der Waals surface area contributed by atoms with Gasteiger partial charge in [-0.05, 0) is 32.1 Å². The van der Waals surface area contributed by atoms with Gasteiger partial charge < -0.3 is 5.32 Å². The average molecular weight is 286 g/mol. The molecular weight excluding hydrogens is 258 g/mol. The van der Waals surface area contributed by atoms with Crippen LogP contribution in [0.3, 0.4) is 0 Å². The zero-order valence-corrected chi connectivity index (χ0v) is 13.0. The largest absolute Gasteiger partial charge is 0.355 e. The second kappa shape index (κ2) is 6.47. The molecule has 19 heavy (non-hydrogen) atoms. The number of hydrogen-bond acceptors (Lipinski definition) is 1. The molecule has 0 heterocycles. The first-order valence-electron chi connectivity index (χ1n) is 8.01. The highest BCUT2D eigenvalue weighted by atomic mass is 35.5. The molecule has 0 saturated heterocycles. The van der Waals surface area contributed by atoms with Gasteiger partial charge in [0.15, 0.2) is 0 Å². The van der Waals surface area contributed by atoms with Crippen molar-refractivity contribution in [2.24, 2.45) is 10.8 Å². The van der Waals surface area contributed by atoms with Crippen LogP contribution >= 0.6 is 11.6 Å². The molecule has 0 atom stereocenters. The van der Waals surface area contributed by atoms with Crippen LogP contribution in [0, 0.1) is 10.8 Å². The van der Waals surface area contributed by atoms with E-state index in [0.717, 1.165) is 25.8 Å². The second-order valence-corrected chi connectivity index (χ2v) is 6.99. The van der Waals surface area contributed by atoms with Gasteiger partial charge >= 0.3 is 0 Å². The Kier molecular flexibility index (Phi) is 5.16. The monoisotopic (exact) mass is 285 g/mol. The van der Waals surface area contributed by atoms with E-state index in [9.17, 15) is 4.79 Å². The van der Waals surface area contributed by atoms with Gasteiger partial charge in [0, 0.05) is 23.3 Å². The summed E-state index contributed by atoms with van der Waals surface area (Å²) in [4.78, 5) is 12.5. The molecule has 0 aromatic carbocycles. The standard InChI is InChI=1S/C16H28ClNO/c1-2-16(10-6-7-11-16)14(19)18-13-15(12-17)8-4-3-5-9-15/h2-13H2,1H3,(H,18,19). The molecule has 2 saturated carbocycles. The number of rotatable bonds is 5. The Morgan fingerprint density at radius 3 is 2.16 bits per heavy atom. The van der Waals surface area contributed by atoms with Crippen LogP contribution in [0.2, 0.25) is 0 Å². The molecule has 2 nitrogen and oxygen atoms in total. The minimum Gasteiger partial charge on any atom is -0.355 e. The predicted octanol–water partition coefficient (Wildman–Crippen LogP) is 4.26. The van der Waals surface area contributed by atoms with E-state index < -0.39 is 0 Å². The molecule has 0 spiro atoms. The second-order valence-electron chi connectivity index (χ2n) is 6.72. The van der Waals surface area contributed by atoms with E-state index >= 15 is 0 Å². The molecule has 2 aliphatic carbocycles. The van der Waals surface area contributed by atoms with Crippen LogP contribution < -0.4 is 5.32 Å². The molecule has 110 valence electrons. The molecule has 2 rings (SSSR count). The molecule has 0 aromatic heterocycles. The third-order valence-corrected chi connectivity index (χ3v) is 6.11. The minimum absolute atomic E-state index is 0.0673. The quantitative estimate of drug-likeness (QED) is 0.751. The molecule has 0 radical (unpaired) electrons. The smallest absolute Gasteiger partial charge is 0.226 e. The summed E-state index contributed by atoms with van der Waals surface area (Å²) in [6.45, 7) is 2.94. The maximum absolute atomic E-state index is 12.5. The van der Waals surface area contributed by atoms with Crippen molar-refractivity contribution in [2.75, 3.05) is 12.4 Å². The molecular formula is C16H28ClNO. The normalized spacial score (nSPS) is 25.2. The number of carbonyl (C=O) groups is 1. The first-order valence-corrected chi connectivity index (χ1v) is 8.54. The van der Waals surface area contributed by atoms with Crippen LogP contribution in [0.25, 0.3) is 0 Å². The van der Waals surface area contributed by atoms with E-state index in [0.29, 0.717) is 11.8 Å². The summed E-state index contributed by atoms with van der Waals surface area (Å²) in [6.07, 6.45) is 11.8. The van der Waals surface area contributed by atoms with E-state index in [1.807, 2.05) is 0 Å². The van der Waals surface area contributed by atoms with Crippen molar-refractivity contribution in [1.29, 1.82) is 0 Å². The third kappa shape index (κ3) is 3.26. The predicted molar refractivity (Wildman–Crippen MR) is 80.4 cm³/mol. The molecule has 0 bridgehead atoms. The third-order valence-electron chi connectivity index (χ3n) is 5.54. The van der Waals surface area contributed by atoms with E-state index in [2.05, 4.69) is 12.2 Å². The van der Waals surface area contributed by atoms with Gasteiger partial charge in [0.05, 0.1) is 0 Å². The van der Waals surface area contributed by atoms with E-state index in [-0.39, 0.29) is 10.8 Å². The van der Waals surface area contributed by atoms with Crippen LogP contribution in [0.15, 0.2) is 0 Å². The van der Waals surface area contributed by atoms with Gasteiger partial charge in [-0.2, -0.15) is 0 Å². The lowest BCUT2D eigenvalue weighted by Crippen LogP contribution is -2.45. The fourth-order valence-corrected chi connectivity index (χ4v) is 4.27. The SMILES string of the molecule is CCC1(C(=O)NCC2(CCl)CCCCC2)CCCC1. The van der Waals surface area contributed by atoms with E-state index in [1.54, 1.807) is 0 Å². The van der Waals surface area contributed by atoms with Crippen LogP contribution in [0.5, 0.6) is 0 Å². The summed E-state index contributed by atoms with van der Waals surface area (Å²) in [5.74, 6) is 0.981. The van der Waals surface area contributed by atoms with Gasteiger partial charge in [0.25, 0.3) is 0 Å². The van der Waals surface area contributed by atoms with Gasteiger partial charge in [-0.3, -0.25) is 4.79 Å². The number of hydrogen-bond donors (Lipinski definition) is 1. The molecule has 2 fully saturated rings. The van der Waals surface area contributed by atoms with Crippen molar-refractivity contribution in [1.82, 2.24) is 5.32 Å². The maximum Gasteiger partial charge on any atom is 0.226 e.